The Morgan fingerprint density at radius 1 is 1.36 bits per heavy atom. The Balaban J connectivity index is 3.59. The van der Waals surface area contributed by atoms with Gasteiger partial charge in [-0.2, -0.15) is 0 Å². The lowest BCUT2D eigenvalue weighted by molar-refractivity contribution is -0.142. The Labute approximate surface area is 83.3 Å². The lowest BCUT2D eigenvalue weighted by atomic mass is 10.1. The first-order chi connectivity index (χ1) is 6.43. The second kappa shape index (κ2) is 6.37. The van der Waals surface area contributed by atoms with Crippen LogP contribution in [0, 0.1) is 5.92 Å². The molecule has 0 saturated carbocycles. The fourth-order valence-electron chi connectivity index (χ4n) is 1.14. The fraction of sp³-hybridized carbons (Fsp3) is 0.778. The minimum atomic E-state index is -0.824. The van der Waals surface area contributed by atoms with Gasteiger partial charge in [-0.25, -0.2) is 0 Å². The molecule has 5 heteroatoms. The summed E-state index contributed by atoms with van der Waals surface area (Å²) in [6, 6.07) is 0. The van der Waals surface area contributed by atoms with Gasteiger partial charge in [0.25, 0.3) is 0 Å². The van der Waals surface area contributed by atoms with Gasteiger partial charge in [-0.3, -0.25) is 9.59 Å². The predicted octanol–water partition coefficient (Wildman–Crippen LogP) is 0.504. The number of hydrogen-bond donors (Lipinski definition) is 2. The molecule has 0 amide bonds. The molecule has 0 heterocycles. The Kier molecular flexibility index (Phi) is 5.87. The normalized spacial score (nSPS) is 12.8. The van der Waals surface area contributed by atoms with E-state index >= 15 is 0 Å². The van der Waals surface area contributed by atoms with Crippen molar-refractivity contribution in [2.75, 3.05) is 20.1 Å². The molecule has 0 radical (unpaired) electrons. The molecule has 0 aromatic carbocycles. The maximum absolute atomic E-state index is 10.5. The summed E-state index contributed by atoms with van der Waals surface area (Å²) in [7, 11) is 1.79. The van der Waals surface area contributed by atoms with Gasteiger partial charge in [0.05, 0.1) is 5.92 Å². The van der Waals surface area contributed by atoms with E-state index in [4.69, 9.17) is 10.2 Å². The standard InChI is InChI=1S/C9H17NO4/c1-7(9(13)14)6-10(2)5-3-4-8(11)12/h7H,3-6H2,1-2H3,(H,11,12)(H,13,14). The number of hydrogen-bond acceptors (Lipinski definition) is 3. The van der Waals surface area contributed by atoms with Gasteiger partial charge < -0.3 is 15.1 Å². The van der Waals surface area contributed by atoms with E-state index < -0.39 is 17.9 Å². The molecule has 14 heavy (non-hydrogen) atoms. The highest BCUT2D eigenvalue weighted by atomic mass is 16.4. The quantitative estimate of drug-likeness (QED) is 0.630. The number of carboxylic acid groups (broad SMARTS) is 2. The Bertz CT molecular complexity index is 205. The summed E-state index contributed by atoms with van der Waals surface area (Å²) in [5.41, 5.74) is 0. The van der Waals surface area contributed by atoms with Crippen LogP contribution in [0.2, 0.25) is 0 Å². The fourth-order valence-corrected chi connectivity index (χ4v) is 1.14. The molecule has 5 nitrogen and oxygen atoms in total. The van der Waals surface area contributed by atoms with Crippen LogP contribution in [0.3, 0.4) is 0 Å². The van der Waals surface area contributed by atoms with Gasteiger partial charge in [-0.05, 0) is 20.0 Å². The van der Waals surface area contributed by atoms with Gasteiger partial charge in [0.1, 0.15) is 0 Å². The number of nitrogens with zero attached hydrogens (tertiary/aromatic N) is 1. The Morgan fingerprint density at radius 3 is 2.36 bits per heavy atom. The zero-order valence-electron chi connectivity index (χ0n) is 8.56. The maximum Gasteiger partial charge on any atom is 0.307 e. The zero-order valence-corrected chi connectivity index (χ0v) is 8.56. The summed E-state index contributed by atoms with van der Waals surface area (Å²) in [4.78, 5) is 22.5. The van der Waals surface area contributed by atoms with E-state index in [-0.39, 0.29) is 6.42 Å². The first-order valence-corrected chi connectivity index (χ1v) is 4.56. The van der Waals surface area contributed by atoms with Crippen LogP contribution < -0.4 is 0 Å². The SMILES string of the molecule is CC(CN(C)CCCC(=O)O)C(=O)O. The summed E-state index contributed by atoms with van der Waals surface area (Å²) >= 11 is 0. The van der Waals surface area contributed by atoms with E-state index in [0.717, 1.165) is 0 Å². The molecular weight excluding hydrogens is 186 g/mol. The van der Waals surface area contributed by atoms with Crippen LogP contribution in [-0.2, 0) is 9.59 Å². The smallest absolute Gasteiger partial charge is 0.307 e. The second-order valence-corrected chi connectivity index (χ2v) is 3.50. The minimum absolute atomic E-state index is 0.131. The Hall–Kier alpha value is -1.10. The van der Waals surface area contributed by atoms with Crippen LogP contribution in [0.5, 0.6) is 0 Å². The maximum atomic E-state index is 10.5. The molecule has 0 spiro atoms. The first kappa shape index (κ1) is 12.9. The third-order valence-electron chi connectivity index (χ3n) is 1.94. The molecule has 1 unspecified atom stereocenters. The highest BCUT2D eigenvalue weighted by Gasteiger charge is 2.13. The molecule has 0 fully saturated rings. The molecule has 2 N–H and O–H groups in total. The van der Waals surface area contributed by atoms with Gasteiger partial charge in [-0.15, -0.1) is 0 Å². The molecule has 0 aromatic rings. The molecule has 0 saturated heterocycles. The lowest BCUT2D eigenvalue weighted by Gasteiger charge is -2.18. The predicted molar refractivity (Wildman–Crippen MR) is 51.2 cm³/mol. The van der Waals surface area contributed by atoms with E-state index in [9.17, 15) is 9.59 Å². The average Bonchev–Trinajstić information content (AvgIpc) is 2.02. The topological polar surface area (TPSA) is 77.8 Å². The van der Waals surface area contributed by atoms with Gasteiger partial charge >= 0.3 is 11.9 Å². The zero-order chi connectivity index (χ0) is 11.1. The monoisotopic (exact) mass is 203 g/mol. The summed E-state index contributed by atoms with van der Waals surface area (Å²) in [5, 5.41) is 17.0. The molecule has 0 rings (SSSR count). The first-order valence-electron chi connectivity index (χ1n) is 4.56. The third-order valence-corrected chi connectivity index (χ3v) is 1.94. The van der Waals surface area contributed by atoms with Crippen molar-refractivity contribution in [3.05, 3.63) is 0 Å². The van der Waals surface area contributed by atoms with Crippen molar-refractivity contribution in [3.8, 4) is 0 Å². The van der Waals surface area contributed by atoms with Crippen LogP contribution >= 0.6 is 0 Å². The van der Waals surface area contributed by atoms with Crippen LogP contribution in [0.1, 0.15) is 19.8 Å². The molecule has 0 aliphatic rings. The molecule has 0 aliphatic carbocycles. The molecular formula is C9H17NO4. The van der Waals surface area contributed by atoms with E-state index in [1.807, 2.05) is 4.90 Å². The molecule has 82 valence electrons. The van der Waals surface area contributed by atoms with Gasteiger partial charge in [-0.1, -0.05) is 6.92 Å². The van der Waals surface area contributed by atoms with Crippen LogP contribution in [0.15, 0.2) is 0 Å². The molecule has 1 atom stereocenters. The van der Waals surface area contributed by atoms with Gasteiger partial charge in [0.15, 0.2) is 0 Å². The number of carbonyl (C=O) groups is 2. The van der Waals surface area contributed by atoms with Crippen molar-refractivity contribution in [1.82, 2.24) is 4.90 Å². The van der Waals surface area contributed by atoms with Crippen molar-refractivity contribution in [2.45, 2.75) is 19.8 Å². The van der Waals surface area contributed by atoms with E-state index in [0.29, 0.717) is 19.5 Å². The molecule has 0 aliphatic heterocycles. The van der Waals surface area contributed by atoms with Crippen LogP contribution in [-0.4, -0.2) is 47.2 Å². The summed E-state index contributed by atoms with van der Waals surface area (Å²) < 4.78 is 0. The largest absolute Gasteiger partial charge is 0.481 e. The summed E-state index contributed by atoms with van der Waals surface area (Å²) in [5.74, 6) is -2.05. The summed E-state index contributed by atoms with van der Waals surface area (Å²) in [6.07, 6.45) is 0.684. The van der Waals surface area contributed by atoms with Crippen LogP contribution in [0.25, 0.3) is 0 Å². The second-order valence-electron chi connectivity index (χ2n) is 3.50. The highest BCUT2D eigenvalue weighted by Crippen LogP contribution is 2.00. The minimum Gasteiger partial charge on any atom is -0.481 e. The van der Waals surface area contributed by atoms with Gasteiger partial charge in [0, 0.05) is 13.0 Å². The van der Waals surface area contributed by atoms with Crippen molar-refractivity contribution in [3.63, 3.8) is 0 Å². The van der Waals surface area contributed by atoms with Crippen molar-refractivity contribution in [1.29, 1.82) is 0 Å². The van der Waals surface area contributed by atoms with Gasteiger partial charge in [0.2, 0.25) is 0 Å². The van der Waals surface area contributed by atoms with Crippen molar-refractivity contribution in [2.24, 2.45) is 5.92 Å². The Morgan fingerprint density at radius 2 is 1.93 bits per heavy atom. The summed E-state index contributed by atoms with van der Waals surface area (Å²) in [6.45, 7) is 2.70. The average molecular weight is 203 g/mol. The van der Waals surface area contributed by atoms with E-state index in [1.54, 1.807) is 14.0 Å². The van der Waals surface area contributed by atoms with E-state index in [1.165, 1.54) is 0 Å². The highest BCUT2D eigenvalue weighted by molar-refractivity contribution is 5.69. The van der Waals surface area contributed by atoms with Crippen molar-refractivity contribution < 1.29 is 19.8 Å². The molecule has 0 bridgehead atoms. The van der Waals surface area contributed by atoms with Crippen LogP contribution in [0.4, 0.5) is 0 Å². The number of carboxylic acids is 2. The lowest BCUT2D eigenvalue weighted by Crippen LogP contribution is -2.29. The van der Waals surface area contributed by atoms with Crippen molar-refractivity contribution >= 4 is 11.9 Å². The number of rotatable bonds is 7. The molecule has 0 aromatic heterocycles. The number of aliphatic carboxylic acids is 2. The third kappa shape index (κ3) is 6.42. The van der Waals surface area contributed by atoms with E-state index in [2.05, 4.69) is 0 Å².